The van der Waals surface area contributed by atoms with E-state index in [2.05, 4.69) is 29.2 Å². The number of nitrogens with zero attached hydrogens (tertiary/aromatic N) is 1. The molecule has 1 aromatic heterocycles. The summed E-state index contributed by atoms with van der Waals surface area (Å²) in [7, 11) is 0. The van der Waals surface area contributed by atoms with Gasteiger partial charge in [-0.1, -0.05) is 66.7 Å². The van der Waals surface area contributed by atoms with E-state index >= 15 is 0 Å². The van der Waals surface area contributed by atoms with Crippen LogP contribution in [0.4, 0.5) is 0 Å². The maximum Gasteiger partial charge on any atom is 0.362 e. The van der Waals surface area contributed by atoms with E-state index in [1.807, 2.05) is 61.5 Å². The third-order valence-electron chi connectivity index (χ3n) is 3.65. The zero-order chi connectivity index (χ0) is 15.2. The van der Waals surface area contributed by atoms with Gasteiger partial charge < -0.3 is 4.65 Å². The summed E-state index contributed by atoms with van der Waals surface area (Å²) in [5.41, 5.74) is 3.24. The lowest BCUT2D eigenvalue weighted by Gasteiger charge is -2.20. The quantitative estimate of drug-likeness (QED) is 0.673. The van der Waals surface area contributed by atoms with Gasteiger partial charge in [-0.05, 0) is 30.0 Å². The first kappa shape index (κ1) is 14.5. The molecule has 2 nitrogen and oxygen atoms in total. The Morgan fingerprint density at radius 2 is 1.32 bits per heavy atom. The smallest absolute Gasteiger partial charge is 0.362 e. The molecular weight excluding hydrogens is 269 g/mol. The van der Waals surface area contributed by atoms with Crippen molar-refractivity contribution >= 4 is 17.8 Å². The monoisotopic (exact) mass is 287 g/mol. The highest BCUT2D eigenvalue weighted by molar-refractivity contribution is 6.80. The number of pyridine rings is 1. The molecule has 0 spiro atoms. The summed E-state index contributed by atoms with van der Waals surface area (Å²) in [4.78, 5) is 4.39. The van der Waals surface area contributed by atoms with E-state index in [9.17, 15) is 0 Å². The Hall–Kier alpha value is -2.39. The molecule has 0 bridgehead atoms. The van der Waals surface area contributed by atoms with Crippen molar-refractivity contribution in [3.63, 3.8) is 0 Å². The second kappa shape index (κ2) is 7.05. The Kier molecular flexibility index (Phi) is 4.66. The van der Waals surface area contributed by atoms with E-state index in [0.717, 1.165) is 16.6 Å². The number of hydrogen-bond donors (Lipinski definition) is 0. The topological polar surface area (TPSA) is 22.1 Å². The molecule has 0 amide bonds. The highest BCUT2D eigenvalue weighted by Gasteiger charge is 2.24. The van der Waals surface area contributed by atoms with Crippen molar-refractivity contribution in [1.82, 2.24) is 4.98 Å². The molecule has 1 unspecified atom stereocenters. The molecule has 0 aliphatic heterocycles. The van der Waals surface area contributed by atoms with Crippen LogP contribution in [0.2, 0.25) is 0 Å². The van der Waals surface area contributed by atoms with Gasteiger partial charge in [-0.2, -0.15) is 0 Å². The molecule has 0 aliphatic carbocycles. The second-order valence-corrected chi connectivity index (χ2v) is 5.23. The van der Waals surface area contributed by atoms with Crippen LogP contribution in [0.15, 0.2) is 85.1 Å². The van der Waals surface area contributed by atoms with Crippen molar-refractivity contribution in [2.24, 2.45) is 0 Å². The maximum atomic E-state index is 6.35. The fourth-order valence-electron chi connectivity index (χ4n) is 2.50. The van der Waals surface area contributed by atoms with Crippen LogP contribution in [0.25, 0.3) is 0 Å². The maximum absolute atomic E-state index is 6.35. The molecule has 0 radical (unpaired) electrons. The number of benzene rings is 2. The summed E-state index contributed by atoms with van der Waals surface area (Å²) in [5.74, 6) is 0. The lowest BCUT2D eigenvalue weighted by Crippen LogP contribution is -2.45. The third-order valence-corrected chi connectivity index (χ3v) is 3.65. The molecule has 3 aromatic rings. The number of hydrogen-bond acceptors (Lipinski definition) is 2. The van der Waals surface area contributed by atoms with Gasteiger partial charge >= 0.3 is 6.92 Å². The van der Waals surface area contributed by atoms with Crippen molar-refractivity contribution in [3.05, 3.63) is 90.8 Å². The summed E-state index contributed by atoms with van der Waals surface area (Å²) in [6, 6.07) is 26.5. The summed E-state index contributed by atoms with van der Waals surface area (Å²) >= 11 is 0. The van der Waals surface area contributed by atoms with Crippen LogP contribution >= 0.6 is 0 Å². The SMILES string of the molecule is CC(OB(c1ccccc1)c1ccccc1)c1ccccn1. The van der Waals surface area contributed by atoms with Gasteiger partial charge in [-0.15, -0.1) is 0 Å². The number of aromatic nitrogens is 1. The van der Waals surface area contributed by atoms with Crippen molar-refractivity contribution < 1.29 is 4.65 Å². The molecule has 1 atom stereocenters. The van der Waals surface area contributed by atoms with Crippen LogP contribution < -0.4 is 10.9 Å². The minimum atomic E-state index is -0.0978. The molecule has 0 N–H and O–H groups in total. The minimum absolute atomic E-state index is 0.0772. The van der Waals surface area contributed by atoms with Gasteiger partial charge in [0.2, 0.25) is 0 Å². The van der Waals surface area contributed by atoms with Crippen LogP contribution in [0.3, 0.4) is 0 Å². The first-order valence-electron chi connectivity index (χ1n) is 7.51. The van der Waals surface area contributed by atoms with Crippen LogP contribution in [0, 0.1) is 0 Å². The highest BCUT2D eigenvalue weighted by atomic mass is 16.4. The van der Waals surface area contributed by atoms with Gasteiger partial charge in [0.15, 0.2) is 0 Å². The van der Waals surface area contributed by atoms with E-state index in [-0.39, 0.29) is 13.0 Å². The van der Waals surface area contributed by atoms with Crippen molar-refractivity contribution in [2.75, 3.05) is 0 Å². The first-order valence-corrected chi connectivity index (χ1v) is 7.51. The Balaban J connectivity index is 1.90. The average Bonchev–Trinajstić information content (AvgIpc) is 2.62. The predicted molar refractivity (Wildman–Crippen MR) is 91.6 cm³/mol. The van der Waals surface area contributed by atoms with Crippen LogP contribution in [-0.2, 0) is 4.65 Å². The van der Waals surface area contributed by atoms with Crippen molar-refractivity contribution in [3.8, 4) is 0 Å². The normalized spacial score (nSPS) is 11.9. The van der Waals surface area contributed by atoms with Crippen LogP contribution in [0.1, 0.15) is 18.7 Å². The Labute approximate surface area is 131 Å². The van der Waals surface area contributed by atoms with Gasteiger partial charge in [-0.25, -0.2) is 0 Å². The van der Waals surface area contributed by atoms with E-state index in [4.69, 9.17) is 4.65 Å². The van der Waals surface area contributed by atoms with E-state index in [1.54, 1.807) is 6.20 Å². The lowest BCUT2D eigenvalue weighted by molar-refractivity contribution is 0.231. The molecule has 3 rings (SSSR count). The van der Waals surface area contributed by atoms with E-state index in [0.29, 0.717) is 0 Å². The van der Waals surface area contributed by atoms with Gasteiger partial charge in [0.1, 0.15) is 0 Å². The Morgan fingerprint density at radius 3 is 1.82 bits per heavy atom. The van der Waals surface area contributed by atoms with Crippen molar-refractivity contribution in [1.29, 1.82) is 0 Å². The third kappa shape index (κ3) is 3.44. The molecule has 108 valence electrons. The molecule has 0 saturated heterocycles. The molecule has 2 aromatic carbocycles. The lowest BCUT2D eigenvalue weighted by atomic mass is 9.55. The first-order chi connectivity index (χ1) is 10.8. The van der Waals surface area contributed by atoms with Gasteiger partial charge in [-0.3, -0.25) is 4.98 Å². The second-order valence-electron chi connectivity index (χ2n) is 5.23. The molecular formula is C19H18BNO. The van der Waals surface area contributed by atoms with Gasteiger partial charge in [0.05, 0.1) is 11.8 Å². The molecule has 0 saturated carbocycles. The summed E-state index contributed by atoms with van der Waals surface area (Å²) in [6.45, 7) is 1.95. The molecule has 0 fully saturated rings. The molecule has 22 heavy (non-hydrogen) atoms. The van der Waals surface area contributed by atoms with Crippen LogP contribution in [0.5, 0.6) is 0 Å². The summed E-state index contributed by atoms with van der Waals surface area (Å²) in [5, 5.41) is 0. The average molecular weight is 287 g/mol. The van der Waals surface area contributed by atoms with E-state index < -0.39 is 0 Å². The molecule has 1 heterocycles. The number of rotatable bonds is 5. The van der Waals surface area contributed by atoms with Crippen molar-refractivity contribution in [2.45, 2.75) is 13.0 Å². The standard InChI is InChI=1S/C19H18BNO/c1-16(19-14-8-9-15-21-19)22-20(17-10-4-2-5-11-17)18-12-6-3-7-13-18/h2-16H,1H3. The zero-order valence-corrected chi connectivity index (χ0v) is 12.6. The predicted octanol–water partition coefficient (Wildman–Crippen LogP) is 2.97. The van der Waals surface area contributed by atoms with E-state index in [1.165, 1.54) is 0 Å². The Morgan fingerprint density at radius 1 is 0.773 bits per heavy atom. The summed E-state index contributed by atoms with van der Waals surface area (Å²) in [6.07, 6.45) is 1.72. The zero-order valence-electron chi connectivity index (χ0n) is 12.6. The fraction of sp³-hybridized carbons (Fsp3) is 0.105. The minimum Gasteiger partial charge on any atom is -0.419 e. The fourth-order valence-corrected chi connectivity index (χ4v) is 2.50. The van der Waals surface area contributed by atoms with Gasteiger partial charge in [0, 0.05) is 6.20 Å². The summed E-state index contributed by atoms with van der Waals surface area (Å²) < 4.78 is 6.35. The van der Waals surface area contributed by atoms with Crippen LogP contribution in [-0.4, -0.2) is 11.9 Å². The molecule has 0 aliphatic rings. The Bertz CT molecular complexity index is 649. The molecule has 3 heteroatoms. The largest absolute Gasteiger partial charge is 0.419 e. The highest BCUT2D eigenvalue weighted by Crippen LogP contribution is 2.14. The van der Waals surface area contributed by atoms with Gasteiger partial charge in [0.25, 0.3) is 0 Å².